The van der Waals surface area contributed by atoms with Crippen molar-refractivity contribution < 1.29 is 13.2 Å². The molecule has 8 heteroatoms. The van der Waals surface area contributed by atoms with E-state index in [1.54, 1.807) is 37.3 Å². The van der Waals surface area contributed by atoms with Crippen LogP contribution in [0.25, 0.3) is 16.8 Å². The predicted octanol–water partition coefficient (Wildman–Crippen LogP) is 4.79. The average Bonchev–Trinajstić information content (AvgIpc) is 3.05. The Balaban J connectivity index is 2.10. The number of aromatic nitrogens is 3. The smallest absolute Gasteiger partial charge is 0.369 e. The van der Waals surface area contributed by atoms with Crippen molar-refractivity contribution in [1.82, 2.24) is 19.5 Å². The number of halogens is 3. The summed E-state index contributed by atoms with van der Waals surface area (Å²) >= 11 is 0. The first-order valence-electron chi connectivity index (χ1n) is 9.75. The number of fused-ring (bicyclic) bond motifs is 1. The van der Waals surface area contributed by atoms with Gasteiger partial charge in [-0.25, -0.2) is 4.98 Å². The van der Waals surface area contributed by atoms with Gasteiger partial charge in [0.25, 0.3) is 0 Å². The first kappa shape index (κ1) is 21.1. The molecule has 0 saturated carbocycles. The first-order valence-corrected chi connectivity index (χ1v) is 9.75. The highest BCUT2D eigenvalue weighted by Gasteiger charge is 2.39. The Morgan fingerprint density at radius 3 is 2.31 bits per heavy atom. The number of anilines is 1. The Morgan fingerprint density at radius 2 is 1.72 bits per heavy atom. The van der Waals surface area contributed by atoms with Crippen LogP contribution in [-0.4, -0.2) is 45.7 Å². The van der Waals surface area contributed by atoms with Crippen molar-refractivity contribution in [3.05, 3.63) is 47.3 Å². The Hall–Kier alpha value is -2.61. The van der Waals surface area contributed by atoms with Gasteiger partial charge < -0.3 is 10.2 Å². The topological polar surface area (TPSA) is 45.5 Å². The molecule has 0 aliphatic carbocycles. The molecule has 5 nitrogen and oxygen atoms in total. The van der Waals surface area contributed by atoms with Gasteiger partial charge in [-0.3, -0.25) is 0 Å². The molecule has 2 heterocycles. The van der Waals surface area contributed by atoms with E-state index in [2.05, 4.69) is 34.1 Å². The van der Waals surface area contributed by atoms with Gasteiger partial charge in [0, 0.05) is 24.8 Å². The molecule has 0 saturated heterocycles. The summed E-state index contributed by atoms with van der Waals surface area (Å²) in [6.45, 7) is 11.0. The Kier molecular flexibility index (Phi) is 6.12. The summed E-state index contributed by atoms with van der Waals surface area (Å²) in [5, 5.41) is 7.15. The van der Waals surface area contributed by atoms with Gasteiger partial charge >= 0.3 is 6.18 Å². The largest absolute Gasteiger partial charge is 0.435 e. The maximum absolute atomic E-state index is 13.8. The third-order valence-electron chi connectivity index (χ3n) is 4.95. The molecule has 2 aromatic heterocycles. The van der Waals surface area contributed by atoms with Crippen LogP contribution < -0.4 is 5.32 Å². The second-order valence-corrected chi connectivity index (χ2v) is 7.06. The van der Waals surface area contributed by atoms with Crippen LogP contribution in [0.1, 0.15) is 30.8 Å². The van der Waals surface area contributed by atoms with Crippen LogP contribution in [0.4, 0.5) is 19.0 Å². The summed E-state index contributed by atoms with van der Waals surface area (Å²) in [6, 6.07) is 8.66. The minimum absolute atomic E-state index is 0.00740. The molecule has 0 radical (unpaired) electrons. The van der Waals surface area contributed by atoms with E-state index < -0.39 is 11.9 Å². The second kappa shape index (κ2) is 8.41. The van der Waals surface area contributed by atoms with E-state index >= 15 is 0 Å². The highest BCUT2D eigenvalue weighted by atomic mass is 19.4. The molecule has 3 rings (SSSR count). The summed E-state index contributed by atoms with van der Waals surface area (Å²) in [4.78, 5) is 6.63. The zero-order valence-electron chi connectivity index (χ0n) is 17.1. The van der Waals surface area contributed by atoms with Gasteiger partial charge in [-0.15, -0.1) is 0 Å². The van der Waals surface area contributed by atoms with E-state index in [1.807, 2.05) is 6.92 Å². The van der Waals surface area contributed by atoms with Crippen molar-refractivity contribution >= 4 is 11.5 Å². The van der Waals surface area contributed by atoms with Gasteiger partial charge in [-0.1, -0.05) is 43.7 Å². The van der Waals surface area contributed by atoms with E-state index in [0.29, 0.717) is 23.6 Å². The second-order valence-electron chi connectivity index (χ2n) is 7.06. The normalized spacial score (nSPS) is 12.1. The maximum Gasteiger partial charge on any atom is 0.435 e. The molecule has 0 atom stereocenters. The zero-order valence-corrected chi connectivity index (χ0v) is 17.1. The van der Waals surface area contributed by atoms with Gasteiger partial charge in [0.15, 0.2) is 11.3 Å². The minimum atomic E-state index is -4.58. The molecule has 1 N–H and O–H groups in total. The Labute approximate surface area is 168 Å². The van der Waals surface area contributed by atoms with E-state index in [4.69, 9.17) is 0 Å². The molecule has 0 aliphatic heterocycles. The van der Waals surface area contributed by atoms with Crippen molar-refractivity contribution in [3.63, 3.8) is 0 Å². The third kappa shape index (κ3) is 4.53. The number of nitrogens with one attached hydrogen (secondary N) is 1. The Bertz CT molecular complexity index is 973. The highest BCUT2D eigenvalue weighted by Crippen LogP contribution is 2.39. The first-order chi connectivity index (χ1) is 13.7. The van der Waals surface area contributed by atoms with Gasteiger partial charge in [-0.2, -0.15) is 22.8 Å². The molecule has 156 valence electrons. The van der Waals surface area contributed by atoms with Gasteiger partial charge in [0.05, 0.1) is 5.56 Å². The SMILES string of the molecule is CCN(CC)CCNc1cc(C)nc2c(-c3ccc(C)cc3)c(C(F)(F)F)nn12. The number of alkyl halides is 3. The fraction of sp³-hybridized carbons (Fsp3) is 0.429. The van der Waals surface area contributed by atoms with Crippen molar-refractivity contribution in [1.29, 1.82) is 0 Å². The molecule has 0 unspecified atom stereocenters. The van der Waals surface area contributed by atoms with E-state index in [-0.39, 0.29) is 11.2 Å². The van der Waals surface area contributed by atoms with Crippen LogP contribution in [0.3, 0.4) is 0 Å². The Morgan fingerprint density at radius 1 is 1.07 bits per heavy atom. The lowest BCUT2D eigenvalue weighted by atomic mass is 10.0. The number of hydrogen-bond acceptors (Lipinski definition) is 4. The number of benzene rings is 1. The van der Waals surface area contributed by atoms with Crippen LogP contribution in [0.2, 0.25) is 0 Å². The molecule has 0 aliphatic rings. The predicted molar refractivity (Wildman–Crippen MR) is 109 cm³/mol. The molecule has 0 bridgehead atoms. The van der Waals surface area contributed by atoms with Crippen molar-refractivity contribution in [2.45, 2.75) is 33.9 Å². The fourth-order valence-electron chi connectivity index (χ4n) is 3.33. The minimum Gasteiger partial charge on any atom is -0.369 e. The van der Waals surface area contributed by atoms with Crippen LogP contribution in [0.15, 0.2) is 30.3 Å². The maximum atomic E-state index is 13.8. The highest BCUT2D eigenvalue weighted by molar-refractivity contribution is 5.81. The van der Waals surface area contributed by atoms with E-state index in [9.17, 15) is 13.2 Å². The fourth-order valence-corrected chi connectivity index (χ4v) is 3.33. The molecule has 0 fully saturated rings. The van der Waals surface area contributed by atoms with Crippen molar-refractivity contribution in [3.8, 4) is 11.1 Å². The standard InChI is InChI=1S/C21H26F3N5/c1-5-28(6-2)12-11-25-17-13-15(4)26-20-18(16-9-7-14(3)8-10-16)19(21(22,23)24)27-29(17)20/h7-10,13,25H,5-6,11-12H2,1-4H3. The number of nitrogens with zero attached hydrogens (tertiary/aromatic N) is 4. The molecular formula is C21H26F3N5. The van der Waals surface area contributed by atoms with Gasteiger partial charge in [0.1, 0.15) is 5.82 Å². The number of aryl methyl sites for hydroxylation is 2. The summed E-state index contributed by atoms with van der Waals surface area (Å²) in [7, 11) is 0. The molecule has 0 spiro atoms. The lowest BCUT2D eigenvalue weighted by molar-refractivity contribution is -0.140. The average molecular weight is 405 g/mol. The summed E-state index contributed by atoms with van der Waals surface area (Å²) in [5.41, 5.74) is 1.34. The summed E-state index contributed by atoms with van der Waals surface area (Å²) in [6.07, 6.45) is -4.58. The number of likely N-dealkylation sites (N-methyl/N-ethyl adjacent to an activating group) is 1. The van der Waals surface area contributed by atoms with Crippen molar-refractivity contribution in [2.75, 3.05) is 31.5 Å². The van der Waals surface area contributed by atoms with Gasteiger partial charge in [-0.05, 0) is 32.5 Å². The molecule has 29 heavy (non-hydrogen) atoms. The molecule has 0 amide bonds. The third-order valence-corrected chi connectivity index (χ3v) is 4.95. The summed E-state index contributed by atoms with van der Waals surface area (Å²) in [5.74, 6) is 0.503. The number of rotatable bonds is 7. The molecular weight excluding hydrogens is 379 g/mol. The van der Waals surface area contributed by atoms with Crippen molar-refractivity contribution in [2.24, 2.45) is 0 Å². The number of hydrogen-bond donors (Lipinski definition) is 1. The lowest BCUT2D eigenvalue weighted by Crippen LogP contribution is -2.29. The quantitative estimate of drug-likeness (QED) is 0.614. The van der Waals surface area contributed by atoms with E-state index in [0.717, 1.165) is 25.2 Å². The lowest BCUT2D eigenvalue weighted by Gasteiger charge is -2.18. The molecule has 3 aromatic rings. The zero-order chi connectivity index (χ0) is 21.2. The summed E-state index contributed by atoms with van der Waals surface area (Å²) < 4.78 is 42.7. The van der Waals surface area contributed by atoms with E-state index in [1.165, 1.54) is 4.52 Å². The van der Waals surface area contributed by atoms with Crippen LogP contribution in [-0.2, 0) is 6.18 Å². The molecule has 1 aromatic carbocycles. The van der Waals surface area contributed by atoms with Gasteiger partial charge in [0.2, 0.25) is 0 Å². The monoisotopic (exact) mass is 405 g/mol. The van der Waals surface area contributed by atoms with Crippen LogP contribution >= 0.6 is 0 Å². The van der Waals surface area contributed by atoms with Crippen LogP contribution in [0.5, 0.6) is 0 Å². The van der Waals surface area contributed by atoms with Crippen LogP contribution in [0, 0.1) is 13.8 Å².